The first-order valence-electron chi connectivity index (χ1n) is 13.2. The van der Waals surface area contributed by atoms with E-state index in [1.165, 1.54) is 12.3 Å². The number of hydrogen-bond donors (Lipinski definition) is 1. The molecule has 3 aliphatic rings. The van der Waals surface area contributed by atoms with E-state index in [0.717, 1.165) is 36.1 Å². The monoisotopic (exact) mass is 527 g/mol. The summed E-state index contributed by atoms with van der Waals surface area (Å²) >= 11 is 0. The second-order valence-electron chi connectivity index (χ2n) is 10.2. The van der Waals surface area contributed by atoms with Crippen LogP contribution in [0.15, 0.2) is 48.7 Å². The van der Waals surface area contributed by atoms with Crippen molar-refractivity contribution in [1.82, 2.24) is 9.88 Å². The zero-order valence-electron chi connectivity index (χ0n) is 21.8. The number of rotatable bonds is 7. The van der Waals surface area contributed by atoms with Crippen LogP contribution in [0, 0.1) is 0 Å². The van der Waals surface area contributed by atoms with Gasteiger partial charge in [0, 0.05) is 23.5 Å². The fraction of sp³-hybridized carbons (Fsp3) is 0.333. The maximum atomic E-state index is 13.7. The Morgan fingerprint density at radius 2 is 1.69 bits per heavy atom. The van der Waals surface area contributed by atoms with Gasteiger partial charge in [-0.2, -0.15) is 0 Å². The van der Waals surface area contributed by atoms with Crippen molar-refractivity contribution in [3.05, 3.63) is 82.2 Å². The molecule has 1 aromatic heterocycles. The van der Waals surface area contributed by atoms with E-state index in [1.54, 1.807) is 18.1 Å². The fourth-order valence-corrected chi connectivity index (χ4v) is 5.77. The summed E-state index contributed by atoms with van der Waals surface area (Å²) in [5, 5.41) is 9.35. The van der Waals surface area contributed by atoms with E-state index >= 15 is 0 Å². The molecule has 9 heteroatoms. The number of pyridine rings is 1. The molecule has 0 radical (unpaired) electrons. The van der Waals surface area contributed by atoms with Gasteiger partial charge in [0.15, 0.2) is 11.5 Å². The molecule has 1 N–H and O–H groups in total. The van der Waals surface area contributed by atoms with E-state index in [2.05, 4.69) is 4.98 Å². The highest BCUT2D eigenvalue weighted by atomic mass is 16.5. The van der Waals surface area contributed by atoms with Gasteiger partial charge in [-0.05, 0) is 68.0 Å². The van der Waals surface area contributed by atoms with Crippen LogP contribution in [-0.4, -0.2) is 45.9 Å². The zero-order valence-corrected chi connectivity index (χ0v) is 21.8. The quantitative estimate of drug-likeness (QED) is 0.453. The molecule has 0 saturated heterocycles. The lowest BCUT2D eigenvalue weighted by molar-refractivity contribution is 0.0642. The largest absolute Gasteiger partial charge is 0.493 e. The summed E-state index contributed by atoms with van der Waals surface area (Å²) in [7, 11) is 1.61. The Balaban J connectivity index is 1.25. The molecule has 2 aromatic carbocycles. The summed E-state index contributed by atoms with van der Waals surface area (Å²) in [5.41, 5.74) is 3.55. The van der Waals surface area contributed by atoms with Gasteiger partial charge in [-0.25, -0.2) is 0 Å². The Hall–Kier alpha value is -4.24. The van der Waals surface area contributed by atoms with E-state index in [9.17, 15) is 19.5 Å². The number of fused-ring (bicyclic) bond motifs is 2. The summed E-state index contributed by atoms with van der Waals surface area (Å²) in [6.07, 6.45) is 5.78. The van der Waals surface area contributed by atoms with Crippen LogP contribution in [-0.2, 0) is 13.2 Å². The van der Waals surface area contributed by atoms with Crippen molar-refractivity contribution in [2.75, 3.05) is 12.0 Å². The summed E-state index contributed by atoms with van der Waals surface area (Å²) in [5.74, 6) is 0.217. The average molecular weight is 528 g/mol. The standard InChI is InChI=1S/C30H29N3O6/c1-17-22-9-7-18(15-32-28(35)24-12-19(16-34)31-14-25(24)29(32)36)11-23(22)30(37)33(17)20-8-10-26(38-2)27(13-20)39-21-5-3-4-6-21/h7-14,17,21,34H,3-6,15-16H2,1-2H3. The topological polar surface area (TPSA) is 109 Å². The van der Waals surface area contributed by atoms with Crippen LogP contribution in [0.4, 0.5) is 5.69 Å². The molecule has 6 rings (SSSR count). The number of aliphatic hydroxyl groups excluding tert-OH is 1. The number of hydrogen-bond acceptors (Lipinski definition) is 7. The van der Waals surface area contributed by atoms with Gasteiger partial charge in [0.2, 0.25) is 0 Å². The third-order valence-corrected chi connectivity index (χ3v) is 7.84. The molecule has 1 aliphatic carbocycles. The van der Waals surface area contributed by atoms with E-state index in [-0.39, 0.29) is 42.3 Å². The van der Waals surface area contributed by atoms with Gasteiger partial charge in [-0.15, -0.1) is 0 Å². The molecule has 1 saturated carbocycles. The lowest BCUT2D eigenvalue weighted by Crippen LogP contribution is -2.29. The molecular formula is C30H29N3O6. The van der Waals surface area contributed by atoms with Crippen molar-refractivity contribution in [3.63, 3.8) is 0 Å². The molecule has 3 aromatic rings. The maximum absolute atomic E-state index is 13.7. The van der Waals surface area contributed by atoms with Crippen LogP contribution >= 0.6 is 0 Å². The molecule has 9 nitrogen and oxygen atoms in total. The van der Waals surface area contributed by atoms with Gasteiger partial charge >= 0.3 is 0 Å². The number of anilines is 1. The van der Waals surface area contributed by atoms with Crippen LogP contribution in [0.5, 0.6) is 11.5 Å². The SMILES string of the molecule is COc1ccc(N2C(=O)c3cc(CN4C(=O)c5cnc(CO)cc5C4=O)ccc3C2C)cc1OC1CCCC1. The molecule has 2 aliphatic heterocycles. The minimum Gasteiger partial charge on any atom is -0.493 e. The molecule has 39 heavy (non-hydrogen) atoms. The number of nitrogens with zero attached hydrogens (tertiary/aromatic N) is 3. The molecule has 1 unspecified atom stereocenters. The summed E-state index contributed by atoms with van der Waals surface area (Å²) in [6.45, 7) is 1.68. The zero-order chi connectivity index (χ0) is 27.3. The molecule has 1 atom stereocenters. The number of benzene rings is 2. The molecular weight excluding hydrogens is 498 g/mol. The average Bonchev–Trinajstić information content (AvgIpc) is 3.62. The first-order chi connectivity index (χ1) is 18.9. The van der Waals surface area contributed by atoms with Crippen molar-refractivity contribution < 1.29 is 29.0 Å². The van der Waals surface area contributed by atoms with Gasteiger partial charge in [0.1, 0.15) is 0 Å². The minimum atomic E-state index is -0.443. The maximum Gasteiger partial charge on any atom is 0.263 e. The lowest BCUT2D eigenvalue weighted by atomic mass is 10.0. The minimum absolute atomic E-state index is 0.0255. The normalized spacial score (nSPS) is 18.6. The Bertz CT molecular complexity index is 1500. The Morgan fingerprint density at radius 3 is 2.44 bits per heavy atom. The molecule has 200 valence electrons. The van der Waals surface area contributed by atoms with Crippen molar-refractivity contribution >= 4 is 23.4 Å². The molecule has 0 bridgehead atoms. The molecule has 3 heterocycles. The third-order valence-electron chi connectivity index (χ3n) is 7.84. The smallest absolute Gasteiger partial charge is 0.263 e. The van der Waals surface area contributed by atoms with Crippen molar-refractivity contribution in [3.8, 4) is 11.5 Å². The summed E-state index contributed by atoms with van der Waals surface area (Å²) in [6, 6.07) is 12.3. The second-order valence-corrected chi connectivity index (χ2v) is 10.2. The van der Waals surface area contributed by atoms with Gasteiger partial charge in [-0.1, -0.05) is 12.1 Å². The van der Waals surface area contributed by atoms with Crippen molar-refractivity contribution in [1.29, 1.82) is 0 Å². The van der Waals surface area contributed by atoms with Crippen LogP contribution in [0.1, 0.15) is 86.5 Å². The number of aliphatic hydroxyl groups is 1. The third kappa shape index (κ3) is 4.23. The van der Waals surface area contributed by atoms with Crippen molar-refractivity contribution in [2.24, 2.45) is 0 Å². The Kier molecular flexibility index (Phi) is 6.31. The second kappa shape index (κ2) is 9.81. The highest BCUT2D eigenvalue weighted by Gasteiger charge is 2.38. The molecule has 1 fully saturated rings. The van der Waals surface area contributed by atoms with Gasteiger partial charge in [-0.3, -0.25) is 24.3 Å². The number of amides is 3. The fourth-order valence-electron chi connectivity index (χ4n) is 5.77. The first-order valence-corrected chi connectivity index (χ1v) is 13.2. The number of imide groups is 1. The molecule has 3 amide bonds. The van der Waals surface area contributed by atoms with Crippen LogP contribution in [0.3, 0.4) is 0 Å². The predicted octanol–water partition coefficient (Wildman–Crippen LogP) is 4.42. The number of carbonyl (C=O) groups is 3. The van der Waals surface area contributed by atoms with Gasteiger partial charge < -0.3 is 19.5 Å². The predicted molar refractivity (Wildman–Crippen MR) is 142 cm³/mol. The van der Waals surface area contributed by atoms with Crippen LogP contribution in [0.25, 0.3) is 0 Å². The lowest BCUT2D eigenvalue weighted by Gasteiger charge is -2.24. The van der Waals surface area contributed by atoms with Gasteiger partial charge in [0.05, 0.1) is 49.2 Å². The number of carbonyl (C=O) groups excluding carboxylic acids is 3. The summed E-state index contributed by atoms with van der Waals surface area (Å²) in [4.78, 5) is 46.5. The number of aromatic nitrogens is 1. The van der Waals surface area contributed by atoms with E-state index in [1.807, 2.05) is 37.3 Å². The van der Waals surface area contributed by atoms with E-state index in [0.29, 0.717) is 34.0 Å². The highest BCUT2D eigenvalue weighted by Crippen LogP contribution is 2.42. The van der Waals surface area contributed by atoms with E-state index < -0.39 is 11.8 Å². The van der Waals surface area contributed by atoms with Crippen LogP contribution < -0.4 is 14.4 Å². The molecule has 0 spiro atoms. The van der Waals surface area contributed by atoms with Crippen LogP contribution in [0.2, 0.25) is 0 Å². The Morgan fingerprint density at radius 1 is 0.923 bits per heavy atom. The highest BCUT2D eigenvalue weighted by molar-refractivity contribution is 6.21. The summed E-state index contributed by atoms with van der Waals surface area (Å²) < 4.78 is 11.8. The Labute approximate surface area is 226 Å². The number of methoxy groups -OCH3 is 1. The van der Waals surface area contributed by atoms with E-state index in [4.69, 9.17) is 9.47 Å². The van der Waals surface area contributed by atoms with Gasteiger partial charge in [0.25, 0.3) is 17.7 Å². The number of ether oxygens (including phenoxy) is 2. The van der Waals surface area contributed by atoms with Crippen molar-refractivity contribution in [2.45, 2.75) is 57.9 Å². The first kappa shape index (κ1) is 25.1.